The van der Waals surface area contributed by atoms with Crippen molar-refractivity contribution in [3.8, 4) is 0 Å². The van der Waals surface area contributed by atoms with E-state index in [2.05, 4.69) is 0 Å². The Morgan fingerprint density at radius 2 is 1.73 bits per heavy atom. The molecule has 0 aliphatic heterocycles. The van der Waals surface area contributed by atoms with E-state index in [0.717, 1.165) is 22.0 Å². The Hall–Kier alpha value is -3.70. The lowest BCUT2D eigenvalue weighted by Crippen LogP contribution is -2.33. The van der Waals surface area contributed by atoms with Gasteiger partial charge in [-0.15, -0.1) is 0 Å². The van der Waals surface area contributed by atoms with Crippen LogP contribution >= 0.6 is 0 Å². The molecule has 0 saturated carbocycles. The third-order valence-corrected chi connectivity index (χ3v) is 7.83. The van der Waals surface area contributed by atoms with Gasteiger partial charge in [0.2, 0.25) is 15.8 Å². The fourth-order valence-corrected chi connectivity index (χ4v) is 5.49. The summed E-state index contributed by atoms with van der Waals surface area (Å²) in [5.74, 6) is -2.87. The molecule has 0 radical (unpaired) electrons. The molecule has 0 unspecified atom stereocenters. The van der Waals surface area contributed by atoms with Gasteiger partial charge in [-0.2, -0.15) is 17.5 Å². The van der Waals surface area contributed by atoms with Crippen LogP contribution in [-0.4, -0.2) is 30.3 Å². The van der Waals surface area contributed by atoms with Gasteiger partial charge >= 0.3 is 12.1 Å². The fraction of sp³-hybridized carbons (Fsp3) is 0.192. The molecule has 0 saturated heterocycles. The van der Waals surface area contributed by atoms with Crippen molar-refractivity contribution in [3.63, 3.8) is 0 Å². The Kier molecular flexibility index (Phi) is 7.11. The highest BCUT2D eigenvalue weighted by Gasteiger charge is 2.36. The van der Waals surface area contributed by atoms with Crippen LogP contribution in [0.2, 0.25) is 0 Å². The molecule has 37 heavy (non-hydrogen) atoms. The molecule has 3 aromatic carbocycles. The number of nitrogens with zero attached hydrogens (tertiary/aromatic N) is 1. The van der Waals surface area contributed by atoms with Gasteiger partial charge in [0, 0.05) is 29.6 Å². The number of hydrogen-bond acceptors (Lipinski definition) is 4. The van der Waals surface area contributed by atoms with Crippen LogP contribution in [-0.2, 0) is 29.2 Å². The monoisotopic (exact) mass is 535 g/mol. The Morgan fingerprint density at radius 3 is 2.38 bits per heavy atom. The van der Waals surface area contributed by atoms with Crippen LogP contribution in [0.25, 0.3) is 11.0 Å². The summed E-state index contributed by atoms with van der Waals surface area (Å²) in [6, 6.07) is 14.8. The van der Waals surface area contributed by atoms with Crippen LogP contribution in [0, 0.1) is 12.7 Å². The lowest BCUT2D eigenvalue weighted by Gasteiger charge is -2.24. The summed E-state index contributed by atoms with van der Waals surface area (Å²) in [6.07, 6.45) is -4.74. The van der Waals surface area contributed by atoms with Crippen LogP contribution in [0.5, 0.6) is 0 Å². The summed E-state index contributed by atoms with van der Waals surface area (Å²) in [7, 11) is -4.46. The number of carbonyl (C=O) groups is 1. The predicted molar refractivity (Wildman–Crippen MR) is 127 cm³/mol. The van der Waals surface area contributed by atoms with E-state index in [1.165, 1.54) is 25.1 Å². The number of benzene rings is 3. The van der Waals surface area contributed by atoms with Gasteiger partial charge in [-0.05, 0) is 49.2 Å². The first-order chi connectivity index (χ1) is 17.4. The molecule has 1 heterocycles. The minimum absolute atomic E-state index is 0.137. The second-order valence-corrected chi connectivity index (χ2v) is 10.3. The molecule has 0 amide bonds. The van der Waals surface area contributed by atoms with E-state index < -0.39 is 45.7 Å². The summed E-state index contributed by atoms with van der Waals surface area (Å²) < 4.78 is 89.0. The van der Waals surface area contributed by atoms with Gasteiger partial charge in [-0.3, -0.25) is 0 Å². The van der Waals surface area contributed by atoms with Crippen LogP contribution in [0.4, 0.5) is 17.6 Å². The highest BCUT2D eigenvalue weighted by atomic mass is 32.2. The number of carboxylic acid groups (broad SMARTS) is 1. The molecule has 0 bridgehead atoms. The molecule has 4 rings (SSSR count). The maximum Gasteiger partial charge on any atom is 0.416 e. The molecule has 4 aromatic rings. The predicted octanol–water partition coefficient (Wildman–Crippen LogP) is 6.03. The van der Waals surface area contributed by atoms with Crippen molar-refractivity contribution < 1.29 is 40.3 Å². The summed E-state index contributed by atoms with van der Waals surface area (Å²) in [4.78, 5) is 11.1. The Labute approximate surface area is 209 Å². The maximum absolute atomic E-state index is 14.6. The van der Waals surface area contributed by atoms with Crippen molar-refractivity contribution in [1.82, 2.24) is 4.31 Å². The number of carboxylic acids is 1. The number of aromatic carboxylic acids is 1. The largest absolute Gasteiger partial charge is 0.475 e. The maximum atomic E-state index is 14.6. The van der Waals surface area contributed by atoms with E-state index in [0.29, 0.717) is 6.07 Å². The lowest BCUT2D eigenvalue weighted by atomic mass is 10.1. The van der Waals surface area contributed by atoms with E-state index in [1.54, 1.807) is 30.3 Å². The van der Waals surface area contributed by atoms with Gasteiger partial charge in [0.05, 0.1) is 10.5 Å². The highest BCUT2D eigenvalue weighted by Crippen LogP contribution is 2.35. The number of fused-ring (bicyclic) bond motifs is 1. The van der Waals surface area contributed by atoms with Gasteiger partial charge in [0.1, 0.15) is 11.4 Å². The van der Waals surface area contributed by atoms with Gasteiger partial charge in [0.15, 0.2) is 0 Å². The Morgan fingerprint density at radius 1 is 1.03 bits per heavy atom. The van der Waals surface area contributed by atoms with E-state index in [4.69, 9.17) is 4.42 Å². The minimum Gasteiger partial charge on any atom is -0.475 e. The standard InChI is InChI=1S/C26H21F4NO5S/c1-16-19-14-18(10-11-23(19)36-24(16)25(32)33)37(34,35)31(13-12-17-6-3-2-4-7-17)15-20-21(26(28,29)30)8-5-9-22(20)27/h2-11,14H,12-13,15H2,1H3,(H,32,33). The van der Waals surface area contributed by atoms with Crippen molar-refractivity contribution in [2.24, 2.45) is 0 Å². The molecule has 1 N–H and O–H groups in total. The van der Waals surface area contributed by atoms with E-state index in [-0.39, 0.29) is 40.2 Å². The van der Waals surface area contributed by atoms with Gasteiger partial charge in [0.25, 0.3) is 0 Å². The first kappa shape index (κ1) is 26.4. The first-order valence-corrected chi connectivity index (χ1v) is 12.5. The molecule has 0 spiro atoms. The fourth-order valence-electron chi connectivity index (χ4n) is 4.06. The van der Waals surface area contributed by atoms with Crippen molar-refractivity contribution in [2.75, 3.05) is 6.54 Å². The number of hydrogen-bond donors (Lipinski definition) is 1. The lowest BCUT2D eigenvalue weighted by molar-refractivity contribution is -0.138. The molecule has 0 aliphatic carbocycles. The molecule has 194 valence electrons. The summed E-state index contributed by atoms with van der Waals surface area (Å²) in [6.45, 7) is 0.355. The first-order valence-electron chi connectivity index (χ1n) is 11.0. The molecule has 6 nitrogen and oxygen atoms in total. The third kappa shape index (κ3) is 5.37. The van der Waals surface area contributed by atoms with Crippen molar-refractivity contribution in [1.29, 1.82) is 0 Å². The molecule has 0 fully saturated rings. The van der Waals surface area contributed by atoms with Crippen molar-refractivity contribution in [2.45, 2.75) is 31.0 Å². The quantitative estimate of drug-likeness (QED) is 0.279. The van der Waals surface area contributed by atoms with Crippen molar-refractivity contribution in [3.05, 3.63) is 101 Å². The smallest absolute Gasteiger partial charge is 0.416 e. The van der Waals surface area contributed by atoms with Crippen LogP contribution in [0.15, 0.2) is 76.0 Å². The van der Waals surface area contributed by atoms with Crippen LogP contribution in [0.3, 0.4) is 0 Å². The zero-order chi connectivity index (χ0) is 27.0. The molecule has 11 heteroatoms. The molecule has 0 atom stereocenters. The molecular weight excluding hydrogens is 514 g/mol. The highest BCUT2D eigenvalue weighted by molar-refractivity contribution is 7.89. The van der Waals surface area contributed by atoms with Crippen LogP contribution in [0.1, 0.15) is 32.8 Å². The number of halogens is 4. The number of alkyl halides is 3. The average Bonchev–Trinajstić information content (AvgIpc) is 3.18. The van der Waals surface area contributed by atoms with Gasteiger partial charge in [-0.1, -0.05) is 36.4 Å². The number of furan rings is 1. The molecule has 0 aliphatic rings. The third-order valence-electron chi connectivity index (χ3n) is 5.99. The second kappa shape index (κ2) is 9.98. The van der Waals surface area contributed by atoms with E-state index in [1.807, 2.05) is 0 Å². The van der Waals surface area contributed by atoms with E-state index >= 15 is 0 Å². The Bertz CT molecular complexity index is 1560. The van der Waals surface area contributed by atoms with Gasteiger partial charge in [-0.25, -0.2) is 17.6 Å². The summed E-state index contributed by atoms with van der Waals surface area (Å²) in [5.41, 5.74) is -0.985. The second-order valence-electron chi connectivity index (χ2n) is 8.36. The summed E-state index contributed by atoms with van der Waals surface area (Å²) in [5, 5.41) is 9.52. The van der Waals surface area contributed by atoms with Crippen LogP contribution < -0.4 is 0 Å². The Balaban J connectivity index is 1.79. The number of aryl methyl sites for hydroxylation is 1. The zero-order valence-electron chi connectivity index (χ0n) is 19.4. The van der Waals surface area contributed by atoms with Crippen molar-refractivity contribution >= 4 is 27.0 Å². The molecule has 1 aromatic heterocycles. The topological polar surface area (TPSA) is 87.8 Å². The normalized spacial score (nSPS) is 12.4. The zero-order valence-corrected chi connectivity index (χ0v) is 20.2. The summed E-state index contributed by atoms with van der Waals surface area (Å²) >= 11 is 0. The number of sulfonamides is 1. The SMILES string of the molecule is Cc1c(C(=O)O)oc2ccc(S(=O)(=O)N(CCc3ccccc3)Cc3c(F)cccc3C(F)(F)F)cc12. The number of rotatable bonds is 8. The minimum atomic E-state index is -4.90. The molecular formula is C26H21F4NO5S. The van der Waals surface area contributed by atoms with Gasteiger partial charge < -0.3 is 9.52 Å². The average molecular weight is 536 g/mol. The van der Waals surface area contributed by atoms with E-state index in [9.17, 15) is 35.9 Å².